The lowest BCUT2D eigenvalue weighted by atomic mass is 10.0. The lowest BCUT2D eigenvalue weighted by Gasteiger charge is -2.24. The van der Waals surface area contributed by atoms with Crippen LogP contribution in [0.3, 0.4) is 0 Å². The molecule has 8 nitrogen and oxygen atoms in total. The van der Waals surface area contributed by atoms with Gasteiger partial charge in [-0.3, -0.25) is 4.90 Å². The summed E-state index contributed by atoms with van der Waals surface area (Å²) in [5, 5.41) is 7.07. The quantitative estimate of drug-likeness (QED) is 0.505. The van der Waals surface area contributed by atoms with Crippen LogP contribution in [0.5, 0.6) is 0 Å². The molecule has 35 heavy (non-hydrogen) atoms. The number of aromatic nitrogens is 3. The largest absolute Gasteiger partial charge is 0.462 e. The number of alkyl halides is 3. The summed E-state index contributed by atoms with van der Waals surface area (Å²) in [6.45, 7) is 6.05. The molecule has 0 aliphatic carbocycles. The first kappa shape index (κ1) is 23.4. The maximum atomic E-state index is 14.0. The van der Waals surface area contributed by atoms with E-state index in [-0.39, 0.29) is 23.2 Å². The third-order valence-electron chi connectivity index (χ3n) is 6.27. The highest BCUT2D eigenvalue weighted by Crippen LogP contribution is 2.40. The molecule has 0 amide bonds. The van der Waals surface area contributed by atoms with Crippen LogP contribution in [0.1, 0.15) is 32.3 Å². The van der Waals surface area contributed by atoms with Gasteiger partial charge in [0.25, 0.3) is 6.02 Å². The van der Waals surface area contributed by atoms with Crippen molar-refractivity contribution in [2.45, 2.75) is 44.4 Å². The normalized spacial score (nSPS) is 19.9. The van der Waals surface area contributed by atoms with E-state index in [9.17, 15) is 13.2 Å². The van der Waals surface area contributed by atoms with Gasteiger partial charge in [0.2, 0.25) is 5.95 Å². The zero-order chi connectivity index (χ0) is 24.8. The Morgan fingerprint density at radius 2 is 2.09 bits per heavy atom. The Hall–Kier alpha value is -3.34. The maximum absolute atomic E-state index is 14.0. The fourth-order valence-corrected chi connectivity index (χ4v) is 4.48. The monoisotopic (exact) mass is 487 g/mol. The van der Waals surface area contributed by atoms with Gasteiger partial charge in [0.15, 0.2) is 0 Å². The topological polar surface area (TPSA) is 90.5 Å². The fraction of sp³-hybridized carbons (Fsp3) is 0.458. The Balaban J connectivity index is 1.56. The van der Waals surface area contributed by atoms with Gasteiger partial charge in [-0.25, -0.2) is 15.0 Å². The Kier molecular flexibility index (Phi) is 5.82. The van der Waals surface area contributed by atoms with Gasteiger partial charge in [-0.2, -0.15) is 13.2 Å². The number of ether oxygens (including phenoxy) is 1. The zero-order valence-electron chi connectivity index (χ0n) is 19.8. The molecule has 5 rings (SSSR count). The lowest BCUT2D eigenvalue weighted by molar-refractivity contribution is -0.137. The van der Waals surface area contributed by atoms with E-state index in [0.29, 0.717) is 35.6 Å². The first-order chi connectivity index (χ1) is 16.6. The molecule has 186 valence electrons. The number of nitrogens with zero attached hydrogens (tertiary/aromatic N) is 4. The fourth-order valence-electron chi connectivity index (χ4n) is 4.48. The number of para-hydroxylation sites is 1. The van der Waals surface area contributed by atoms with Crippen LogP contribution in [0.15, 0.2) is 35.6 Å². The number of nitrogens with one attached hydrogen (secondary N) is 3. The number of amidine groups is 1. The van der Waals surface area contributed by atoms with Crippen molar-refractivity contribution in [1.82, 2.24) is 20.3 Å². The van der Waals surface area contributed by atoms with Crippen LogP contribution in [-0.4, -0.2) is 59.3 Å². The molecule has 2 aliphatic rings. The van der Waals surface area contributed by atoms with E-state index in [0.717, 1.165) is 31.3 Å². The highest BCUT2D eigenvalue weighted by Gasteiger charge is 2.36. The molecule has 4 heterocycles. The summed E-state index contributed by atoms with van der Waals surface area (Å²) in [5.74, 6) is 0.181. The average Bonchev–Trinajstić information content (AvgIpc) is 3.41. The van der Waals surface area contributed by atoms with E-state index < -0.39 is 11.7 Å². The van der Waals surface area contributed by atoms with Gasteiger partial charge in [-0.05, 0) is 39.3 Å². The molecule has 2 aliphatic heterocycles. The third kappa shape index (κ3) is 4.64. The number of aromatic amines is 1. The molecule has 3 N–H and O–H groups in total. The summed E-state index contributed by atoms with van der Waals surface area (Å²) in [6.07, 6.45) is -0.295. The molecule has 3 aromatic rings. The molecular formula is C24H28F3N7O. The number of hydrogen-bond acceptors (Lipinski definition) is 7. The number of anilines is 2. The van der Waals surface area contributed by atoms with Crippen molar-refractivity contribution < 1.29 is 17.9 Å². The molecule has 0 spiro atoms. The van der Waals surface area contributed by atoms with Crippen molar-refractivity contribution in [1.29, 1.82) is 0 Å². The van der Waals surface area contributed by atoms with Crippen molar-refractivity contribution in [3.63, 3.8) is 0 Å². The van der Waals surface area contributed by atoms with Crippen molar-refractivity contribution in [3.05, 3.63) is 36.2 Å². The SMILES string of the molecule is CN(C1=NC(C)(C)CO1)c1cccc2c(-c3nc(N[C@H]4CCCNC4)ncc3C(F)(F)F)c[nH]c12. The molecule has 0 saturated carbocycles. The number of hydrogen-bond donors (Lipinski definition) is 3. The first-order valence-electron chi connectivity index (χ1n) is 11.6. The number of aliphatic imine (C=N–C) groups is 1. The van der Waals surface area contributed by atoms with E-state index in [2.05, 4.69) is 30.6 Å². The number of H-pyrrole nitrogens is 1. The number of halogens is 3. The van der Waals surface area contributed by atoms with Gasteiger partial charge >= 0.3 is 6.18 Å². The number of fused-ring (bicyclic) bond motifs is 1. The van der Waals surface area contributed by atoms with Crippen LogP contribution < -0.4 is 15.5 Å². The minimum atomic E-state index is -4.60. The van der Waals surface area contributed by atoms with Crippen LogP contribution in [0, 0.1) is 0 Å². The molecule has 1 atom stereocenters. The second kappa shape index (κ2) is 8.71. The second-order valence-electron chi connectivity index (χ2n) is 9.60. The highest BCUT2D eigenvalue weighted by atomic mass is 19.4. The number of piperidine rings is 1. The Morgan fingerprint density at radius 1 is 1.26 bits per heavy atom. The zero-order valence-corrected chi connectivity index (χ0v) is 19.8. The van der Waals surface area contributed by atoms with Gasteiger partial charge in [0.05, 0.1) is 22.4 Å². The summed E-state index contributed by atoms with van der Waals surface area (Å²) in [5.41, 5.74) is 0.371. The predicted octanol–water partition coefficient (Wildman–Crippen LogP) is 4.41. The molecule has 1 saturated heterocycles. The van der Waals surface area contributed by atoms with Gasteiger partial charge < -0.3 is 20.4 Å². The Labute approximate surface area is 201 Å². The molecule has 1 fully saturated rings. The molecule has 0 radical (unpaired) electrons. The van der Waals surface area contributed by atoms with Crippen molar-refractivity contribution >= 4 is 28.6 Å². The van der Waals surface area contributed by atoms with E-state index in [4.69, 9.17) is 4.74 Å². The summed E-state index contributed by atoms with van der Waals surface area (Å²) in [4.78, 5) is 17.9. The van der Waals surface area contributed by atoms with Gasteiger partial charge in [0, 0.05) is 43.0 Å². The third-order valence-corrected chi connectivity index (χ3v) is 6.27. The van der Waals surface area contributed by atoms with Gasteiger partial charge in [-0.1, -0.05) is 12.1 Å². The van der Waals surface area contributed by atoms with Crippen LogP contribution in [-0.2, 0) is 10.9 Å². The standard InChI is InChI=1S/C24H28F3N7O/c1-23(2)13-35-22(33-23)34(3)18-8-4-7-15-16(11-29-20(15)18)19-17(24(25,26)27)12-30-21(32-19)31-14-6-5-9-28-10-14/h4,7-8,11-12,14,28-29H,5-6,9-10,13H2,1-3H3,(H,30,31,32)/t14-/m0/s1. The van der Waals surface area contributed by atoms with Crippen LogP contribution >= 0.6 is 0 Å². The van der Waals surface area contributed by atoms with E-state index in [1.807, 2.05) is 27.0 Å². The number of benzene rings is 1. The van der Waals surface area contributed by atoms with Crippen LogP contribution in [0.4, 0.5) is 24.8 Å². The molecular weight excluding hydrogens is 459 g/mol. The van der Waals surface area contributed by atoms with Crippen molar-refractivity contribution in [2.24, 2.45) is 4.99 Å². The number of rotatable bonds is 4. The Bertz CT molecular complexity index is 1260. The highest BCUT2D eigenvalue weighted by molar-refractivity contribution is 6.06. The van der Waals surface area contributed by atoms with Crippen molar-refractivity contribution in [3.8, 4) is 11.3 Å². The Morgan fingerprint density at radius 3 is 2.77 bits per heavy atom. The molecule has 1 aromatic carbocycles. The summed E-state index contributed by atoms with van der Waals surface area (Å²) >= 11 is 0. The summed E-state index contributed by atoms with van der Waals surface area (Å²) < 4.78 is 47.6. The predicted molar refractivity (Wildman–Crippen MR) is 130 cm³/mol. The first-order valence-corrected chi connectivity index (χ1v) is 11.6. The van der Waals surface area contributed by atoms with Crippen LogP contribution in [0.2, 0.25) is 0 Å². The summed E-state index contributed by atoms with van der Waals surface area (Å²) in [6, 6.07) is 5.97. The maximum Gasteiger partial charge on any atom is 0.419 e. The molecule has 0 unspecified atom stereocenters. The average molecular weight is 488 g/mol. The van der Waals surface area contributed by atoms with Crippen LogP contribution in [0.25, 0.3) is 22.2 Å². The van der Waals surface area contributed by atoms with Crippen molar-refractivity contribution in [2.75, 3.05) is 37.0 Å². The smallest absolute Gasteiger partial charge is 0.419 e. The lowest BCUT2D eigenvalue weighted by Crippen LogP contribution is -2.38. The van der Waals surface area contributed by atoms with E-state index in [1.54, 1.807) is 23.2 Å². The molecule has 2 aromatic heterocycles. The molecule has 11 heteroatoms. The minimum Gasteiger partial charge on any atom is -0.462 e. The van der Waals surface area contributed by atoms with Gasteiger partial charge in [0.1, 0.15) is 12.2 Å². The van der Waals surface area contributed by atoms with Gasteiger partial charge in [-0.15, -0.1) is 0 Å². The second-order valence-corrected chi connectivity index (χ2v) is 9.60. The van der Waals surface area contributed by atoms with E-state index in [1.165, 1.54) is 0 Å². The summed E-state index contributed by atoms with van der Waals surface area (Å²) in [7, 11) is 1.82. The minimum absolute atomic E-state index is 0.0630. The van der Waals surface area contributed by atoms with E-state index >= 15 is 0 Å². The molecule has 0 bridgehead atoms.